The highest BCUT2D eigenvalue weighted by molar-refractivity contribution is 5.93. The summed E-state index contributed by atoms with van der Waals surface area (Å²) in [7, 11) is 0. The number of benzene rings is 1. The van der Waals surface area contributed by atoms with Crippen molar-refractivity contribution in [2.45, 2.75) is 32.1 Å². The summed E-state index contributed by atoms with van der Waals surface area (Å²) in [5.74, 6) is -1.00. The number of aliphatic hydroxyl groups is 1. The highest BCUT2D eigenvalue weighted by Crippen LogP contribution is 2.40. The lowest BCUT2D eigenvalue weighted by atomic mass is 9.86. The molecule has 174 valence electrons. The molecule has 9 nitrogen and oxygen atoms in total. The zero-order valence-electron chi connectivity index (χ0n) is 18.6. The van der Waals surface area contributed by atoms with Crippen molar-refractivity contribution >= 4 is 28.9 Å². The van der Waals surface area contributed by atoms with Crippen LogP contribution in [-0.2, 0) is 33.1 Å². The average molecular weight is 460 g/mol. The first kappa shape index (κ1) is 22.0. The summed E-state index contributed by atoms with van der Waals surface area (Å²) in [6, 6.07) is 9.35. The number of nitrogens with zero attached hydrogens (tertiary/aromatic N) is 2. The van der Waals surface area contributed by atoms with Crippen molar-refractivity contribution in [3.05, 3.63) is 69.0 Å². The van der Waals surface area contributed by atoms with Crippen LogP contribution in [0.5, 0.6) is 0 Å². The highest BCUT2D eigenvalue weighted by Gasteiger charge is 2.45. The van der Waals surface area contributed by atoms with Crippen molar-refractivity contribution in [1.29, 1.82) is 0 Å². The Balaban J connectivity index is 1.69. The first-order valence-electron chi connectivity index (χ1n) is 11.1. The number of para-hydroxylation sites is 1. The minimum atomic E-state index is -1.87. The third kappa shape index (κ3) is 3.24. The molecule has 4 N–H and O–H groups in total. The second kappa shape index (κ2) is 8.19. The lowest BCUT2D eigenvalue weighted by Gasteiger charge is -2.31. The van der Waals surface area contributed by atoms with E-state index in [1.54, 1.807) is 17.6 Å². The molecule has 1 atom stereocenters. The van der Waals surface area contributed by atoms with Crippen LogP contribution in [0.1, 0.15) is 35.6 Å². The number of rotatable bonds is 5. The largest absolute Gasteiger partial charge is 0.458 e. The fourth-order valence-electron chi connectivity index (χ4n) is 4.67. The Kier molecular flexibility index (Phi) is 5.30. The van der Waals surface area contributed by atoms with Gasteiger partial charge in [-0.3, -0.25) is 9.59 Å². The van der Waals surface area contributed by atoms with E-state index in [0.29, 0.717) is 24.5 Å². The number of ether oxygens (including phenoxy) is 1. The van der Waals surface area contributed by atoms with E-state index >= 15 is 0 Å². The fourth-order valence-corrected chi connectivity index (χ4v) is 4.67. The Morgan fingerprint density at radius 1 is 1.32 bits per heavy atom. The minimum absolute atomic E-state index is 0.0827. The van der Waals surface area contributed by atoms with Gasteiger partial charge in [-0.2, -0.15) is 0 Å². The number of amides is 1. The van der Waals surface area contributed by atoms with Crippen molar-refractivity contribution in [1.82, 2.24) is 14.9 Å². The molecular weight excluding hydrogens is 436 g/mol. The topological polar surface area (TPSA) is 137 Å². The molecule has 5 rings (SSSR count). The van der Waals surface area contributed by atoms with E-state index in [1.807, 2.05) is 36.4 Å². The zero-order valence-corrected chi connectivity index (χ0v) is 18.6. The molecule has 0 spiro atoms. The van der Waals surface area contributed by atoms with Crippen LogP contribution in [0, 0.1) is 0 Å². The molecule has 0 saturated heterocycles. The van der Waals surface area contributed by atoms with Gasteiger partial charge < -0.3 is 25.5 Å². The summed E-state index contributed by atoms with van der Waals surface area (Å²) in [5, 5.41) is 14.7. The van der Waals surface area contributed by atoms with E-state index < -0.39 is 11.6 Å². The van der Waals surface area contributed by atoms with E-state index in [0.717, 1.165) is 22.0 Å². The molecule has 2 aliphatic heterocycles. The Morgan fingerprint density at radius 2 is 2.12 bits per heavy atom. The number of aromatic nitrogens is 2. The molecule has 0 radical (unpaired) electrons. The maximum absolute atomic E-state index is 13.4. The molecule has 3 aromatic rings. The zero-order chi connectivity index (χ0) is 24.0. The molecule has 0 saturated carbocycles. The molecule has 0 unspecified atom stereocenters. The summed E-state index contributed by atoms with van der Waals surface area (Å²) >= 11 is 0. The SMILES string of the molecule is CC[C@@]1(O)C(=O)OCc2c1cc1n(c2=O)Cc2c-1nc1ccccc1c2/C=C/CNC(=O)CN. The predicted octanol–water partition coefficient (Wildman–Crippen LogP) is 1.17. The Hall–Kier alpha value is -3.82. The number of carbonyl (C=O) groups is 2. The minimum Gasteiger partial charge on any atom is -0.458 e. The Labute approximate surface area is 194 Å². The van der Waals surface area contributed by atoms with E-state index in [4.69, 9.17) is 15.5 Å². The molecule has 0 bridgehead atoms. The molecule has 0 fully saturated rings. The molecule has 9 heteroatoms. The van der Waals surface area contributed by atoms with Crippen LogP contribution in [0.15, 0.2) is 41.2 Å². The summed E-state index contributed by atoms with van der Waals surface area (Å²) < 4.78 is 6.75. The second-order valence-corrected chi connectivity index (χ2v) is 8.38. The lowest BCUT2D eigenvalue weighted by molar-refractivity contribution is -0.172. The molecule has 1 aromatic carbocycles. The first-order valence-corrected chi connectivity index (χ1v) is 11.1. The summed E-state index contributed by atoms with van der Waals surface area (Å²) in [4.78, 5) is 42.1. The van der Waals surface area contributed by atoms with Crippen molar-refractivity contribution in [3.8, 4) is 11.4 Å². The smallest absolute Gasteiger partial charge is 0.343 e. The Morgan fingerprint density at radius 3 is 2.88 bits per heavy atom. The quantitative estimate of drug-likeness (QED) is 0.380. The van der Waals surface area contributed by atoms with E-state index in [-0.39, 0.29) is 42.2 Å². The number of esters is 1. The maximum atomic E-state index is 13.4. The second-order valence-electron chi connectivity index (χ2n) is 8.38. The van der Waals surface area contributed by atoms with Gasteiger partial charge in [-0.25, -0.2) is 9.78 Å². The van der Waals surface area contributed by atoms with Crippen LogP contribution in [-0.4, -0.2) is 39.6 Å². The average Bonchev–Trinajstić information content (AvgIpc) is 3.22. The van der Waals surface area contributed by atoms with Crippen molar-refractivity contribution in [3.63, 3.8) is 0 Å². The van der Waals surface area contributed by atoms with Crippen molar-refractivity contribution < 1.29 is 19.4 Å². The summed E-state index contributed by atoms with van der Waals surface area (Å²) in [6.45, 7) is 2.02. The number of nitrogens with one attached hydrogen (secondary N) is 1. The molecular formula is C25H24N4O5. The van der Waals surface area contributed by atoms with Gasteiger partial charge in [0, 0.05) is 23.1 Å². The third-order valence-corrected chi connectivity index (χ3v) is 6.53. The number of pyridine rings is 2. The molecule has 1 amide bonds. The molecule has 2 aliphatic rings. The van der Waals surface area contributed by atoms with Crippen molar-refractivity contribution in [2.75, 3.05) is 13.1 Å². The van der Waals surface area contributed by atoms with Crippen LogP contribution in [0.3, 0.4) is 0 Å². The molecule has 34 heavy (non-hydrogen) atoms. The monoisotopic (exact) mass is 460 g/mol. The van der Waals surface area contributed by atoms with E-state index in [9.17, 15) is 19.5 Å². The van der Waals surface area contributed by atoms with E-state index in [1.165, 1.54) is 0 Å². The van der Waals surface area contributed by atoms with E-state index in [2.05, 4.69) is 5.32 Å². The van der Waals surface area contributed by atoms with Gasteiger partial charge in [-0.05, 0) is 24.1 Å². The standard InChI is InChI=1S/C25H24N4O5/c1-2-25(33)18-10-20-22-16(12-29(20)23(31)17(18)13-34-24(25)32)14(7-5-9-27-21(30)11-26)15-6-3-4-8-19(15)28-22/h3-8,10,33H,2,9,11-13,26H2,1H3,(H,27,30)/b7-5+/t25-/m0/s1. The van der Waals surface area contributed by atoms with Gasteiger partial charge in [0.15, 0.2) is 5.60 Å². The number of cyclic esters (lactones) is 1. The normalized spacial score (nSPS) is 18.5. The number of hydrogen-bond acceptors (Lipinski definition) is 7. The number of hydrogen-bond donors (Lipinski definition) is 3. The van der Waals surface area contributed by atoms with Crippen LogP contribution >= 0.6 is 0 Å². The fraction of sp³-hybridized carbons (Fsp3) is 0.280. The number of fused-ring (bicyclic) bond motifs is 5. The number of carbonyl (C=O) groups excluding carboxylic acids is 2. The number of nitrogens with two attached hydrogens (primary N) is 1. The lowest BCUT2D eigenvalue weighted by Crippen LogP contribution is -2.44. The van der Waals surface area contributed by atoms with Crippen LogP contribution in [0.2, 0.25) is 0 Å². The van der Waals surface area contributed by atoms with Crippen molar-refractivity contribution in [2.24, 2.45) is 5.73 Å². The summed E-state index contributed by atoms with van der Waals surface area (Å²) in [6.07, 6.45) is 3.82. The molecule has 4 heterocycles. The maximum Gasteiger partial charge on any atom is 0.343 e. The van der Waals surface area contributed by atoms with Gasteiger partial charge in [-0.15, -0.1) is 0 Å². The van der Waals surface area contributed by atoms with Crippen LogP contribution in [0.25, 0.3) is 28.4 Å². The first-order chi connectivity index (χ1) is 16.4. The van der Waals surface area contributed by atoms with Gasteiger partial charge in [0.05, 0.1) is 35.6 Å². The molecule has 2 aromatic heterocycles. The highest BCUT2D eigenvalue weighted by atomic mass is 16.6. The Bertz CT molecular complexity index is 1440. The van der Waals surface area contributed by atoms with Gasteiger partial charge in [0.25, 0.3) is 5.56 Å². The van der Waals surface area contributed by atoms with Crippen LogP contribution in [0.4, 0.5) is 0 Å². The summed E-state index contributed by atoms with van der Waals surface area (Å²) in [5.41, 5.74) is 7.40. The van der Waals surface area contributed by atoms with Gasteiger partial charge in [-0.1, -0.05) is 37.3 Å². The molecule has 0 aliphatic carbocycles. The van der Waals surface area contributed by atoms with Gasteiger partial charge in [0.2, 0.25) is 5.91 Å². The van der Waals surface area contributed by atoms with Gasteiger partial charge >= 0.3 is 5.97 Å². The van der Waals surface area contributed by atoms with Gasteiger partial charge in [0.1, 0.15) is 6.61 Å². The predicted molar refractivity (Wildman–Crippen MR) is 126 cm³/mol. The third-order valence-electron chi connectivity index (χ3n) is 6.53. The van der Waals surface area contributed by atoms with Crippen LogP contribution < -0.4 is 16.6 Å².